The SMILES string of the molecule is CC(C)C(C(=O)NCCCC(=O)O)N1C(=O)c2ccccc2C1=O. The summed E-state index contributed by atoms with van der Waals surface area (Å²) < 4.78 is 0. The number of hydrogen-bond donors (Lipinski definition) is 2. The second kappa shape index (κ2) is 7.25. The summed E-state index contributed by atoms with van der Waals surface area (Å²) in [5, 5.41) is 11.2. The highest BCUT2D eigenvalue weighted by Crippen LogP contribution is 2.27. The lowest BCUT2D eigenvalue weighted by molar-refractivity contribution is -0.137. The number of imide groups is 1. The fraction of sp³-hybridized carbons (Fsp3) is 0.412. The highest BCUT2D eigenvalue weighted by Gasteiger charge is 2.43. The maximum absolute atomic E-state index is 12.5. The fourth-order valence-electron chi connectivity index (χ4n) is 2.73. The number of rotatable bonds is 7. The van der Waals surface area contributed by atoms with E-state index >= 15 is 0 Å². The molecule has 1 aromatic rings. The summed E-state index contributed by atoms with van der Waals surface area (Å²) in [6, 6.07) is 5.55. The molecule has 128 valence electrons. The number of carbonyl (C=O) groups is 4. The molecule has 1 aliphatic rings. The molecule has 1 unspecified atom stereocenters. The van der Waals surface area contributed by atoms with Crippen LogP contribution in [0.3, 0.4) is 0 Å². The molecule has 2 rings (SSSR count). The van der Waals surface area contributed by atoms with Crippen molar-refractivity contribution in [1.29, 1.82) is 0 Å². The first-order valence-corrected chi connectivity index (χ1v) is 7.81. The van der Waals surface area contributed by atoms with E-state index < -0.39 is 29.7 Å². The summed E-state index contributed by atoms with van der Waals surface area (Å²) in [5.41, 5.74) is 0.596. The molecule has 1 heterocycles. The molecule has 7 nitrogen and oxygen atoms in total. The van der Waals surface area contributed by atoms with Crippen LogP contribution in [0, 0.1) is 5.92 Å². The van der Waals surface area contributed by atoms with Crippen molar-refractivity contribution >= 4 is 23.7 Å². The van der Waals surface area contributed by atoms with Crippen LogP contribution < -0.4 is 5.32 Å². The van der Waals surface area contributed by atoms with E-state index in [-0.39, 0.29) is 25.3 Å². The van der Waals surface area contributed by atoms with Crippen LogP contribution in [0.1, 0.15) is 47.4 Å². The molecule has 1 aromatic carbocycles. The van der Waals surface area contributed by atoms with Crippen LogP contribution in [0.2, 0.25) is 0 Å². The molecular formula is C17H20N2O5. The minimum absolute atomic E-state index is 0.0559. The van der Waals surface area contributed by atoms with Gasteiger partial charge in [0.1, 0.15) is 6.04 Å². The molecule has 0 aromatic heterocycles. The van der Waals surface area contributed by atoms with Crippen LogP contribution in [0.5, 0.6) is 0 Å². The van der Waals surface area contributed by atoms with Crippen LogP contribution in [-0.2, 0) is 9.59 Å². The van der Waals surface area contributed by atoms with Gasteiger partial charge in [0.05, 0.1) is 11.1 Å². The molecule has 24 heavy (non-hydrogen) atoms. The average Bonchev–Trinajstić information content (AvgIpc) is 2.77. The number of carbonyl (C=O) groups excluding carboxylic acids is 3. The van der Waals surface area contributed by atoms with Gasteiger partial charge in [0.15, 0.2) is 0 Å². The number of amides is 3. The zero-order chi connectivity index (χ0) is 17.9. The molecule has 0 radical (unpaired) electrons. The lowest BCUT2D eigenvalue weighted by Gasteiger charge is -2.28. The summed E-state index contributed by atoms with van der Waals surface area (Å²) in [7, 11) is 0. The summed E-state index contributed by atoms with van der Waals surface area (Å²) in [6.45, 7) is 3.69. The zero-order valence-corrected chi connectivity index (χ0v) is 13.6. The number of fused-ring (bicyclic) bond motifs is 1. The standard InChI is InChI=1S/C17H20N2O5/c1-10(2)14(15(22)18-9-5-8-13(20)21)19-16(23)11-6-3-4-7-12(11)17(19)24/h3-4,6-7,10,14H,5,8-9H2,1-2H3,(H,18,22)(H,20,21). The first-order valence-electron chi connectivity index (χ1n) is 7.81. The Morgan fingerprint density at radius 3 is 2.12 bits per heavy atom. The van der Waals surface area contributed by atoms with E-state index in [1.54, 1.807) is 38.1 Å². The highest BCUT2D eigenvalue weighted by atomic mass is 16.4. The molecule has 0 spiro atoms. The van der Waals surface area contributed by atoms with Gasteiger partial charge in [0, 0.05) is 13.0 Å². The Hall–Kier alpha value is -2.70. The van der Waals surface area contributed by atoms with Crippen LogP contribution in [0.4, 0.5) is 0 Å². The predicted molar refractivity (Wildman–Crippen MR) is 85.4 cm³/mol. The molecule has 0 aliphatic carbocycles. The van der Waals surface area contributed by atoms with Crippen molar-refractivity contribution in [3.05, 3.63) is 35.4 Å². The third-order valence-corrected chi connectivity index (χ3v) is 3.87. The number of carboxylic acids is 1. The number of benzene rings is 1. The molecule has 0 bridgehead atoms. The predicted octanol–water partition coefficient (Wildman–Crippen LogP) is 1.29. The zero-order valence-electron chi connectivity index (χ0n) is 13.6. The number of nitrogens with one attached hydrogen (secondary N) is 1. The maximum atomic E-state index is 12.5. The Bertz CT molecular complexity index is 648. The first-order chi connectivity index (χ1) is 11.3. The Morgan fingerprint density at radius 2 is 1.67 bits per heavy atom. The smallest absolute Gasteiger partial charge is 0.303 e. The normalized spacial score (nSPS) is 14.7. The minimum Gasteiger partial charge on any atom is -0.481 e. The maximum Gasteiger partial charge on any atom is 0.303 e. The van der Waals surface area contributed by atoms with Gasteiger partial charge in [-0.25, -0.2) is 0 Å². The van der Waals surface area contributed by atoms with Crippen molar-refractivity contribution in [2.24, 2.45) is 5.92 Å². The molecular weight excluding hydrogens is 312 g/mol. The van der Waals surface area contributed by atoms with Gasteiger partial charge >= 0.3 is 5.97 Å². The van der Waals surface area contributed by atoms with Crippen molar-refractivity contribution in [1.82, 2.24) is 10.2 Å². The van der Waals surface area contributed by atoms with Gasteiger partial charge in [-0.2, -0.15) is 0 Å². The van der Waals surface area contributed by atoms with Crippen LogP contribution in [0.25, 0.3) is 0 Å². The third kappa shape index (κ3) is 3.45. The van der Waals surface area contributed by atoms with Gasteiger partial charge in [0.2, 0.25) is 5.91 Å². The van der Waals surface area contributed by atoms with Crippen molar-refractivity contribution in [3.8, 4) is 0 Å². The molecule has 1 aliphatic heterocycles. The van der Waals surface area contributed by atoms with Crippen molar-refractivity contribution < 1.29 is 24.3 Å². The molecule has 3 amide bonds. The van der Waals surface area contributed by atoms with Crippen LogP contribution in [0.15, 0.2) is 24.3 Å². The van der Waals surface area contributed by atoms with E-state index in [4.69, 9.17) is 5.11 Å². The molecule has 0 saturated carbocycles. The summed E-state index contributed by atoms with van der Waals surface area (Å²) in [4.78, 5) is 49.0. The second-order valence-corrected chi connectivity index (χ2v) is 6.00. The largest absolute Gasteiger partial charge is 0.481 e. The van der Waals surface area contributed by atoms with Gasteiger partial charge in [-0.1, -0.05) is 26.0 Å². The Morgan fingerprint density at radius 1 is 1.12 bits per heavy atom. The van der Waals surface area contributed by atoms with E-state index in [1.165, 1.54) is 0 Å². The average molecular weight is 332 g/mol. The number of nitrogens with zero attached hydrogens (tertiary/aromatic N) is 1. The van der Waals surface area contributed by atoms with E-state index in [0.717, 1.165) is 4.90 Å². The first kappa shape index (κ1) is 17.7. The quantitative estimate of drug-likeness (QED) is 0.578. The molecule has 1 atom stereocenters. The van der Waals surface area contributed by atoms with Crippen molar-refractivity contribution in [2.75, 3.05) is 6.54 Å². The summed E-state index contributed by atoms with van der Waals surface area (Å²) in [5.74, 6) is -2.62. The second-order valence-electron chi connectivity index (χ2n) is 6.00. The van der Waals surface area contributed by atoms with Gasteiger partial charge in [-0.15, -0.1) is 0 Å². The van der Waals surface area contributed by atoms with Gasteiger partial charge in [-0.05, 0) is 24.5 Å². The Kier molecular flexibility index (Phi) is 5.33. The van der Waals surface area contributed by atoms with Gasteiger partial charge in [-0.3, -0.25) is 24.1 Å². The Labute approximate surface area is 139 Å². The monoisotopic (exact) mass is 332 g/mol. The van der Waals surface area contributed by atoms with Gasteiger partial charge in [0.25, 0.3) is 11.8 Å². The van der Waals surface area contributed by atoms with E-state index in [9.17, 15) is 19.2 Å². The summed E-state index contributed by atoms with van der Waals surface area (Å²) in [6.07, 6.45) is 0.230. The molecule has 7 heteroatoms. The fourth-order valence-corrected chi connectivity index (χ4v) is 2.73. The van der Waals surface area contributed by atoms with Crippen LogP contribution >= 0.6 is 0 Å². The van der Waals surface area contributed by atoms with E-state index in [0.29, 0.717) is 11.1 Å². The van der Waals surface area contributed by atoms with Crippen molar-refractivity contribution in [2.45, 2.75) is 32.7 Å². The minimum atomic E-state index is -0.940. The third-order valence-electron chi connectivity index (χ3n) is 3.87. The molecule has 2 N–H and O–H groups in total. The molecule has 0 saturated heterocycles. The molecule has 0 fully saturated rings. The van der Waals surface area contributed by atoms with Gasteiger partial charge < -0.3 is 10.4 Å². The van der Waals surface area contributed by atoms with Crippen LogP contribution in [-0.4, -0.2) is 46.3 Å². The van der Waals surface area contributed by atoms with E-state index in [1.807, 2.05) is 0 Å². The lowest BCUT2D eigenvalue weighted by atomic mass is 10.0. The lowest BCUT2D eigenvalue weighted by Crippen LogP contribution is -2.52. The number of carboxylic acid groups (broad SMARTS) is 1. The van der Waals surface area contributed by atoms with Crippen molar-refractivity contribution in [3.63, 3.8) is 0 Å². The number of aliphatic carboxylic acids is 1. The van der Waals surface area contributed by atoms with E-state index in [2.05, 4.69) is 5.32 Å². The topological polar surface area (TPSA) is 104 Å². The highest BCUT2D eigenvalue weighted by molar-refractivity contribution is 6.22. The number of hydrogen-bond acceptors (Lipinski definition) is 4. The summed E-state index contributed by atoms with van der Waals surface area (Å²) >= 11 is 0. The Balaban J connectivity index is 2.14.